The van der Waals surface area contributed by atoms with Crippen molar-refractivity contribution in [2.45, 2.75) is 26.2 Å². The van der Waals surface area contributed by atoms with Crippen LogP contribution < -0.4 is 0 Å². The molecule has 0 aliphatic carbocycles. The summed E-state index contributed by atoms with van der Waals surface area (Å²) >= 11 is 0. The van der Waals surface area contributed by atoms with Gasteiger partial charge in [-0.05, 0) is 20.5 Å². The van der Waals surface area contributed by atoms with E-state index >= 15 is 0 Å². The van der Waals surface area contributed by atoms with E-state index in [0.717, 1.165) is 19.4 Å². The molecule has 0 atom stereocenters. The van der Waals surface area contributed by atoms with Crippen LogP contribution in [-0.2, 0) is 4.79 Å². The Bertz CT molecular complexity index is 99.4. The molecule has 0 spiro atoms. The second-order valence-electron chi connectivity index (χ2n) is 2.84. The normalized spacial score (nSPS) is 10.4. The topological polar surface area (TPSA) is 20.3 Å². The lowest BCUT2D eigenvalue weighted by Gasteiger charge is -2.07. The van der Waals surface area contributed by atoms with Gasteiger partial charge in [-0.2, -0.15) is 0 Å². The van der Waals surface area contributed by atoms with Gasteiger partial charge in [0.25, 0.3) is 0 Å². The van der Waals surface area contributed by atoms with E-state index in [9.17, 15) is 4.79 Å². The maximum absolute atomic E-state index is 10.9. The Hall–Kier alpha value is -0.370. The van der Waals surface area contributed by atoms with Crippen LogP contribution in [0.25, 0.3) is 0 Å². The number of rotatable bonds is 5. The summed E-state index contributed by atoms with van der Waals surface area (Å²) in [6.07, 6.45) is 2.43. The quantitative estimate of drug-likeness (QED) is 0.578. The van der Waals surface area contributed by atoms with Crippen LogP contribution >= 0.6 is 0 Å². The molecule has 0 saturated carbocycles. The minimum Gasteiger partial charge on any atom is -0.309 e. The summed E-state index contributed by atoms with van der Waals surface area (Å²) in [5.74, 6) is 0.385. The predicted octanol–water partition coefficient (Wildman–Crippen LogP) is 1.31. The molecule has 0 fully saturated rings. The number of Topliss-reactive ketones (excluding diaryl/α,β-unsaturated/α-hetero) is 1. The molecule has 0 aliphatic rings. The zero-order valence-corrected chi connectivity index (χ0v) is 7.18. The zero-order valence-electron chi connectivity index (χ0n) is 7.18. The molecule has 0 radical (unpaired) electrons. The first kappa shape index (κ1) is 9.63. The highest BCUT2D eigenvalue weighted by Crippen LogP contribution is 1.94. The van der Waals surface area contributed by atoms with E-state index in [4.69, 9.17) is 0 Å². The van der Waals surface area contributed by atoms with E-state index in [1.807, 2.05) is 25.9 Å². The third-order valence-corrected chi connectivity index (χ3v) is 1.37. The first-order chi connectivity index (χ1) is 4.66. The van der Waals surface area contributed by atoms with Gasteiger partial charge in [0.15, 0.2) is 0 Å². The van der Waals surface area contributed by atoms with Crippen LogP contribution in [0.4, 0.5) is 0 Å². The summed E-state index contributed by atoms with van der Waals surface area (Å²) in [5, 5.41) is 0. The van der Waals surface area contributed by atoms with Gasteiger partial charge in [0.1, 0.15) is 5.78 Å². The lowest BCUT2D eigenvalue weighted by molar-refractivity contribution is -0.119. The number of ketones is 1. The molecule has 0 bridgehead atoms. The molecular weight excluding hydrogens is 126 g/mol. The van der Waals surface area contributed by atoms with Crippen molar-refractivity contribution in [1.29, 1.82) is 0 Å². The number of carbonyl (C=O) groups excluding carboxylic acids is 1. The van der Waals surface area contributed by atoms with E-state index in [-0.39, 0.29) is 0 Å². The Morgan fingerprint density at radius 3 is 2.30 bits per heavy atom. The minimum absolute atomic E-state index is 0.385. The van der Waals surface area contributed by atoms with E-state index in [1.54, 1.807) is 0 Å². The largest absolute Gasteiger partial charge is 0.309 e. The number of nitrogens with zero attached hydrogens (tertiary/aromatic N) is 1. The standard InChI is InChI=1S/C8H17NO/c1-4-5-8(10)6-7-9(2)3/h4-7H2,1-3H3. The Balaban J connectivity index is 3.22. The molecule has 0 aliphatic heterocycles. The SMILES string of the molecule is CCCC(=O)CCN(C)C. The summed E-state index contributed by atoms with van der Waals surface area (Å²) in [6, 6.07) is 0. The molecule has 0 aromatic heterocycles. The van der Waals surface area contributed by atoms with Crippen LogP contribution in [0.5, 0.6) is 0 Å². The molecule has 2 nitrogen and oxygen atoms in total. The van der Waals surface area contributed by atoms with Gasteiger partial charge in [-0.3, -0.25) is 4.79 Å². The number of carbonyl (C=O) groups is 1. The van der Waals surface area contributed by atoms with Crippen molar-refractivity contribution in [3.05, 3.63) is 0 Å². The van der Waals surface area contributed by atoms with Crippen LogP contribution in [0.15, 0.2) is 0 Å². The predicted molar refractivity (Wildman–Crippen MR) is 43.1 cm³/mol. The second kappa shape index (κ2) is 5.42. The average molecular weight is 143 g/mol. The molecule has 60 valence electrons. The van der Waals surface area contributed by atoms with Gasteiger partial charge in [-0.15, -0.1) is 0 Å². The van der Waals surface area contributed by atoms with Crippen LogP contribution in [0.1, 0.15) is 26.2 Å². The van der Waals surface area contributed by atoms with Crippen LogP contribution in [0, 0.1) is 0 Å². The lowest BCUT2D eigenvalue weighted by atomic mass is 10.2. The highest BCUT2D eigenvalue weighted by atomic mass is 16.1. The molecule has 0 aromatic rings. The third kappa shape index (κ3) is 5.76. The molecule has 10 heavy (non-hydrogen) atoms. The summed E-state index contributed by atoms with van der Waals surface area (Å²) in [7, 11) is 3.97. The molecule has 0 unspecified atom stereocenters. The van der Waals surface area contributed by atoms with Crippen molar-refractivity contribution in [3.63, 3.8) is 0 Å². The van der Waals surface area contributed by atoms with Crippen molar-refractivity contribution in [2.24, 2.45) is 0 Å². The van der Waals surface area contributed by atoms with Crippen LogP contribution in [0.2, 0.25) is 0 Å². The fourth-order valence-corrected chi connectivity index (χ4v) is 0.752. The molecule has 0 amide bonds. The fraction of sp³-hybridized carbons (Fsp3) is 0.875. The molecule has 2 heteroatoms. The van der Waals surface area contributed by atoms with E-state index in [2.05, 4.69) is 0 Å². The summed E-state index contributed by atoms with van der Waals surface area (Å²) in [6.45, 7) is 2.92. The van der Waals surface area contributed by atoms with E-state index in [1.165, 1.54) is 0 Å². The van der Waals surface area contributed by atoms with Crippen molar-refractivity contribution in [1.82, 2.24) is 4.90 Å². The second-order valence-corrected chi connectivity index (χ2v) is 2.84. The van der Waals surface area contributed by atoms with Gasteiger partial charge < -0.3 is 4.90 Å². The zero-order chi connectivity index (χ0) is 7.98. The van der Waals surface area contributed by atoms with E-state index in [0.29, 0.717) is 12.2 Å². The maximum Gasteiger partial charge on any atom is 0.134 e. The average Bonchev–Trinajstić information content (AvgIpc) is 1.85. The Morgan fingerprint density at radius 2 is 1.90 bits per heavy atom. The minimum atomic E-state index is 0.385. The third-order valence-electron chi connectivity index (χ3n) is 1.37. The number of hydrogen-bond acceptors (Lipinski definition) is 2. The molecular formula is C8H17NO. The van der Waals surface area contributed by atoms with Gasteiger partial charge in [0.05, 0.1) is 0 Å². The Labute approximate surface area is 63.2 Å². The summed E-state index contributed by atoms with van der Waals surface area (Å²) in [5.41, 5.74) is 0. The first-order valence-electron chi connectivity index (χ1n) is 3.83. The van der Waals surface area contributed by atoms with Gasteiger partial charge in [-0.25, -0.2) is 0 Å². The molecule has 0 saturated heterocycles. The van der Waals surface area contributed by atoms with Gasteiger partial charge >= 0.3 is 0 Å². The monoisotopic (exact) mass is 143 g/mol. The molecule has 0 heterocycles. The van der Waals surface area contributed by atoms with Crippen molar-refractivity contribution in [3.8, 4) is 0 Å². The molecule has 0 aromatic carbocycles. The maximum atomic E-state index is 10.9. The smallest absolute Gasteiger partial charge is 0.134 e. The van der Waals surface area contributed by atoms with Crippen molar-refractivity contribution in [2.75, 3.05) is 20.6 Å². The van der Waals surface area contributed by atoms with Gasteiger partial charge in [-0.1, -0.05) is 6.92 Å². The summed E-state index contributed by atoms with van der Waals surface area (Å²) in [4.78, 5) is 13.0. The van der Waals surface area contributed by atoms with Crippen LogP contribution in [-0.4, -0.2) is 31.3 Å². The number of hydrogen-bond donors (Lipinski definition) is 0. The van der Waals surface area contributed by atoms with Crippen LogP contribution in [0.3, 0.4) is 0 Å². The van der Waals surface area contributed by atoms with Gasteiger partial charge in [0, 0.05) is 19.4 Å². The molecule has 0 N–H and O–H groups in total. The highest BCUT2D eigenvalue weighted by Gasteiger charge is 1.99. The van der Waals surface area contributed by atoms with Crippen molar-refractivity contribution >= 4 is 5.78 Å². The van der Waals surface area contributed by atoms with Crippen molar-refractivity contribution < 1.29 is 4.79 Å². The first-order valence-corrected chi connectivity index (χ1v) is 3.83. The fourth-order valence-electron chi connectivity index (χ4n) is 0.752. The van der Waals surface area contributed by atoms with E-state index < -0.39 is 0 Å². The Kier molecular flexibility index (Phi) is 5.22. The Morgan fingerprint density at radius 1 is 1.30 bits per heavy atom. The lowest BCUT2D eigenvalue weighted by Crippen LogP contribution is -2.16. The highest BCUT2D eigenvalue weighted by molar-refractivity contribution is 5.78. The molecule has 0 rings (SSSR count). The van der Waals surface area contributed by atoms with Gasteiger partial charge in [0.2, 0.25) is 0 Å². The summed E-state index contributed by atoms with van der Waals surface area (Å²) < 4.78 is 0.